The number of nitrogens with one attached hydrogen (secondary N) is 1. The van der Waals surface area contributed by atoms with Crippen LogP contribution in [0.15, 0.2) is 18.2 Å². The molecule has 18 heavy (non-hydrogen) atoms. The molecule has 1 atom stereocenters. The summed E-state index contributed by atoms with van der Waals surface area (Å²) in [6.45, 7) is 11.5. The van der Waals surface area contributed by atoms with E-state index >= 15 is 0 Å². The van der Waals surface area contributed by atoms with Gasteiger partial charge in [0.25, 0.3) is 0 Å². The van der Waals surface area contributed by atoms with E-state index in [9.17, 15) is 4.79 Å². The van der Waals surface area contributed by atoms with Gasteiger partial charge < -0.3 is 10.1 Å². The Hall–Kier alpha value is -1.51. The first-order chi connectivity index (χ1) is 8.20. The molecular formula is C15H23NO2. The maximum absolute atomic E-state index is 11.9. The molecule has 3 nitrogen and oxygen atoms in total. The van der Waals surface area contributed by atoms with E-state index in [1.807, 2.05) is 59.7 Å². The number of benzene rings is 1. The molecule has 0 saturated heterocycles. The fraction of sp³-hybridized carbons (Fsp3) is 0.533. The zero-order valence-corrected chi connectivity index (χ0v) is 12.1. The fourth-order valence-electron chi connectivity index (χ4n) is 1.71. The second kappa shape index (κ2) is 5.42. The highest BCUT2D eigenvalue weighted by Gasteiger charge is 2.22. The zero-order valence-electron chi connectivity index (χ0n) is 12.1. The van der Waals surface area contributed by atoms with Crippen molar-refractivity contribution >= 4 is 11.7 Å². The Bertz CT molecular complexity index is 412. The second-order valence-electron chi connectivity index (χ2n) is 5.67. The molecule has 0 saturated carbocycles. The largest absolute Gasteiger partial charge is 0.458 e. The minimum Gasteiger partial charge on any atom is -0.458 e. The minimum absolute atomic E-state index is 0.231. The van der Waals surface area contributed by atoms with Crippen molar-refractivity contribution in [2.45, 2.75) is 53.2 Å². The molecule has 0 heterocycles. The van der Waals surface area contributed by atoms with Crippen LogP contribution in [-0.2, 0) is 9.53 Å². The molecule has 0 bridgehead atoms. The van der Waals surface area contributed by atoms with Crippen molar-refractivity contribution in [3.63, 3.8) is 0 Å². The van der Waals surface area contributed by atoms with Gasteiger partial charge in [-0.2, -0.15) is 0 Å². The minimum atomic E-state index is -0.451. The molecule has 100 valence electrons. The van der Waals surface area contributed by atoms with E-state index in [0.29, 0.717) is 0 Å². The number of hydrogen-bond donors (Lipinski definition) is 1. The third-order valence-electron chi connectivity index (χ3n) is 2.60. The summed E-state index contributed by atoms with van der Waals surface area (Å²) in [5.41, 5.74) is 2.82. The number of hydrogen-bond acceptors (Lipinski definition) is 3. The molecular weight excluding hydrogens is 226 g/mol. The fourth-order valence-corrected chi connectivity index (χ4v) is 1.71. The SMILES string of the molecule is Cc1cccc(C)c1NC(C)C(=O)OC(C)(C)C. The van der Waals surface area contributed by atoms with Crippen LogP contribution >= 0.6 is 0 Å². The van der Waals surface area contributed by atoms with Crippen LogP contribution in [0.3, 0.4) is 0 Å². The molecule has 0 aliphatic carbocycles. The Morgan fingerprint density at radius 3 is 2.17 bits per heavy atom. The normalized spacial score (nSPS) is 13.0. The van der Waals surface area contributed by atoms with E-state index in [1.54, 1.807) is 0 Å². The number of ether oxygens (including phenoxy) is 1. The van der Waals surface area contributed by atoms with Crippen LogP contribution in [0, 0.1) is 13.8 Å². The first kappa shape index (κ1) is 14.6. The number of esters is 1. The van der Waals surface area contributed by atoms with Gasteiger partial charge in [-0.25, -0.2) is 4.79 Å². The lowest BCUT2D eigenvalue weighted by Crippen LogP contribution is -2.34. The van der Waals surface area contributed by atoms with Gasteiger partial charge in [-0.05, 0) is 52.7 Å². The van der Waals surface area contributed by atoms with Crippen LogP contribution in [-0.4, -0.2) is 17.6 Å². The van der Waals surface area contributed by atoms with Crippen LogP contribution in [0.1, 0.15) is 38.8 Å². The Balaban J connectivity index is 2.76. The predicted molar refractivity (Wildman–Crippen MR) is 74.8 cm³/mol. The number of carbonyl (C=O) groups is 1. The molecule has 0 aliphatic rings. The average molecular weight is 249 g/mol. The van der Waals surface area contributed by atoms with Crippen molar-refractivity contribution < 1.29 is 9.53 Å². The second-order valence-corrected chi connectivity index (χ2v) is 5.67. The Morgan fingerprint density at radius 1 is 1.22 bits per heavy atom. The average Bonchev–Trinajstić information content (AvgIpc) is 2.21. The summed E-state index contributed by atoms with van der Waals surface area (Å²) in [4.78, 5) is 11.9. The molecule has 1 aromatic carbocycles. The van der Waals surface area contributed by atoms with Gasteiger partial charge in [-0.3, -0.25) is 0 Å². The molecule has 1 N–H and O–H groups in total. The quantitative estimate of drug-likeness (QED) is 0.834. The molecule has 0 aromatic heterocycles. The van der Waals surface area contributed by atoms with Gasteiger partial charge in [-0.15, -0.1) is 0 Å². The van der Waals surface area contributed by atoms with Gasteiger partial charge in [-0.1, -0.05) is 18.2 Å². The van der Waals surface area contributed by atoms with Crippen molar-refractivity contribution in [2.24, 2.45) is 0 Å². The molecule has 1 aromatic rings. The summed E-state index contributed by atoms with van der Waals surface area (Å²) >= 11 is 0. The van der Waals surface area contributed by atoms with Crippen LogP contribution in [0.25, 0.3) is 0 Å². The van der Waals surface area contributed by atoms with Crippen molar-refractivity contribution in [3.05, 3.63) is 29.3 Å². The van der Waals surface area contributed by atoms with Crippen LogP contribution in [0.2, 0.25) is 0 Å². The number of carbonyl (C=O) groups excluding carboxylic acids is 1. The lowest BCUT2D eigenvalue weighted by molar-refractivity contribution is -0.155. The lowest BCUT2D eigenvalue weighted by Gasteiger charge is -2.24. The molecule has 1 unspecified atom stereocenters. The first-order valence-corrected chi connectivity index (χ1v) is 6.26. The van der Waals surface area contributed by atoms with Gasteiger partial charge in [0, 0.05) is 5.69 Å². The van der Waals surface area contributed by atoms with Crippen LogP contribution in [0.4, 0.5) is 5.69 Å². The van der Waals surface area contributed by atoms with E-state index in [-0.39, 0.29) is 12.0 Å². The van der Waals surface area contributed by atoms with E-state index in [2.05, 4.69) is 5.32 Å². The van der Waals surface area contributed by atoms with Gasteiger partial charge >= 0.3 is 5.97 Å². The first-order valence-electron chi connectivity index (χ1n) is 6.26. The summed E-state index contributed by atoms with van der Waals surface area (Å²) < 4.78 is 5.35. The molecule has 0 fully saturated rings. The van der Waals surface area contributed by atoms with Gasteiger partial charge in [0.05, 0.1) is 0 Å². The highest BCUT2D eigenvalue weighted by atomic mass is 16.6. The maximum atomic E-state index is 11.9. The number of para-hydroxylation sites is 1. The van der Waals surface area contributed by atoms with Crippen molar-refractivity contribution in [1.29, 1.82) is 0 Å². The number of anilines is 1. The lowest BCUT2D eigenvalue weighted by atomic mass is 10.1. The molecule has 0 amide bonds. The summed E-state index contributed by atoms with van der Waals surface area (Å²) in [6.07, 6.45) is 0. The third kappa shape index (κ3) is 4.06. The highest BCUT2D eigenvalue weighted by Crippen LogP contribution is 2.21. The molecule has 0 spiro atoms. The summed E-state index contributed by atoms with van der Waals surface area (Å²) in [7, 11) is 0. The molecule has 3 heteroatoms. The van der Waals surface area contributed by atoms with Crippen molar-refractivity contribution in [3.8, 4) is 0 Å². The van der Waals surface area contributed by atoms with Crippen molar-refractivity contribution in [2.75, 3.05) is 5.32 Å². The van der Waals surface area contributed by atoms with E-state index < -0.39 is 5.60 Å². The molecule has 0 radical (unpaired) electrons. The monoisotopic (exact) mass is 249 g/mol. The highest BCUT2D eigenvalue weighted by molar-refractivity contribution is 5.80. The number of rotatable bonds is 3. The van der Waals surface area contributed by atoms with Gasteiger partial charge in [0.1, 0.15) is 11.6 Å². The Kier molecular flexibility index (Phi) is 4.38. The third-order valence-corrected chi connectivity index (χ3v) is 2.60. The summed E-state index contributed by atoms with van der Waals surface area (Å²) in [5.74, 6) is -0.231. The maximum Gasteiger partial charge on any atom is 0.328 e. The Morgan fingerprint density at radius 2 is 1.72 bits per heavy atom. The predicted octanol–water partition coefficient (Wildman–Crippen LogP) is 3.45. The summed E-state index contributed by atoms with van der Waals surface area (Å²) in [5, 5.41) is 3.23. The van der Waals surface area contributed by atoms with Crippen molar-refractivity contribution in [1.82, 2.24) is 0 Å². The molecule has 1 rings (SSSR count). The van der Waals surface area contributed by atoms with E-state index in [1.165, 1.54) is 0 Å². The number of aryl methyl sites for hydroxylation is 2. The zero-order chi connectivity index (χ0) is 13.9. The molecule has 0 aliphatic heterocycles. The van der Waals surface area contributed by atoms with Gasteiger partial charge in [0.2, 0.25) is 0 Å². The Labute approximate surface area is 110 Å². The standard InChI is InChI=1S/C15H23NO2/c1-10-8-7-9-11(2)13(10)16-12(3)14(17)18-15(4,5)6/h7-9,12,16H,1-6H3. The van der Waals surface area contributed by atoms with E-state index in [0.717, 1.165) is 16.8 Å². The smallest absolute Gasteiger partial charge is 0.328 e. The topological polar surface area (TPSA) is 38.3 Å². The summed E-state index contributed by atoms with van der Waals surface area (Å²) in [6, 6.07) is 5.70. The van der Waals surface area contributed by atoms with E-state index in [4.69, 9.17) is 4.74 Å². The van der Waals surface area contributed by atoms with Gasteiger partial charge in [0.15, 0.2) is 0 Å². The van der Waals surface area contributed by atoms with Crippen LogP contribution in [0.5, 0.6) is 0 Å². The van der Waals surface area contributed by atoms with Crippen LogP contribution < -0.4 is 5.32 Å².